The second-order valence-electron chi connectivity index (χ2n) is 6.34. The van der Waals surface area contributed by atoms with E-state index in [9.17, 15) is 4.79 Å². The number of hydrogen-bond donors (Lipinski definition) is 1. The van der Waals surface area contributed by atoms with Crippen molar-refractivity contribution in [3.8, 4) is 23.0 Å². The molecule has 6 nitrogen and oxygen atoms in total. The predicted molar refractivity (Wildman–Crippen MR) is 113 cm³/mol. The summed E-state index contributed by atoms with van der Waals surface area (Å²) in [5.41, 5.74) is 1.89. The largest absolute Gasteiger partial charge is 0.493 e. The van der Waals surface area contributed by atoms with Crippen molar-refractivity contribution >= 4 is 17.6 Å². The van der Waals surface area contributed by atoms with E-state index in [4.69, 9.17) is 35.7 Å². The van der Waals surface area contributed by atoms with E-state index in [2.05, 4.69) is 0 Å². The first-order valence-corrected chi connectivity index (χ1v) is 9.47. The third kappa shape index (κ3) is 5.15. The second-order valence-corrected chi connectivity index (χ2v) is 6.75. The summed E-state index contributed by atoms with van der Waals surface area (Å²) in [6.07, 6.45) is 0. The minimum absolute atomic E-state index is 0.0192. The monoisotopic (exact) mass is 428 g/mol. The molecule has 3 aromatic rings. The molecular formula is C23H21ClO6. The highest BCUT2D eigenvalue weighted by atomic mass is 35.5. The number of rotatable bonds is 9. The van der Waals surface area contributed by atoms with Crippen molar-refractivity contribution in [2.45, 2.75) is 13.2 Å². The van der Waals surface area contributed by atoms with E-state index in [-0.39, 0.29) is 28.7 Å². The smallest absolute Gasteiger partial charge is 0.335 e. The Balaban J connectivity index is 1.72. The van der Waals surface area contributed by atoms with Crippen LogP contribution in [0.4, 0.5) is 0 Å². The van der Waals surface area contributed by atoms with Crippen LogP contribution in [0.2, 0.25) is 5.02 Å². The molecule has 0 aromatic heterocycles. The molecule has 7 heteroatoms. The maximum atomic E-state index is 11.2. The topological polar surface area (TPSA) is 74.2 Å². The molecule has 0 atom stereocenters. The molecule has 0 saturated heterocycles. The zero-order chi connectivity index (χ0) is 21.5. The fourth-order valence-electron chi connectivity index (χ4n) is 2.80. The summed E-state index contributed by atoms with van der Waals surface area (Å²) in [5, 5.41) is 9.30. The summed E-state index contributed by atoms with van der Waals surface area (Å²) in [5.74, 6) is 0.609. The Bertz CT molecular complexity index is 1020. The number of hydrogen-bond acceptors (Lipinski definition) is 5. The average molecular weight is 429 g/mol. The van der Waals surface area contributed by atoms with Crippen LogP contribution in [-0.2, 0) is 13.2 Å². The van der Waals surface area contributed by atoms with Crippen LogP contribution in [0.1, 0.15) is 21.5 Å². The standard InChI is InChI=1S/C23H21ClO6/c1-27-20-10-16(8-9-19(20)29-13-15-6-4-3-5-7-15)14-30-22-18(24)11-17(23(25)26)12-21(22)28-2/h3-12H,13-14H2,1-2H3,(H,25,26). The molecule has 0 heterocycles. The van der Waals surface area contributed by atoms with Crippen molar-refractivity contribution in [1.29, 1.82) is 0 Å². The van der Waals surface area contributed by atoms with Crippen molar-refractivity contribution in [1.82, 2.24) is 0 Å². The number of carboxylic acids is 1. The Morgan fingerprint density at radius 2 is 1.53 bits per heavy atom. The molecule has 0 aliphatic carbocycles. The molecule has 0 spiro atoms. The molecule has 3 rings (SSSR count). The molecule has 0 bridgehead atoms. The van der Waals surface area contributed by atoms with Crippen LogP contribution in [-0.4, -0.2) is 25.3 Å². The molecule has 0 unspecified atom stereocenters. The van der Waals surface area contributed by atoms with Gasteiger partial charge in [-0.3, -0.25) is 0 Å². The van der Waals surface area contributed by atoms with Gasteiger partial charge in [-0.2, -0.15) is 0 Å². The first-order valence-electron chi connectivity index (χ1n) is 9.09. The minimum atomic E-state index is -1.10. The van der Waals surface area contributed by atoms with Crippen molar-refractivity contribution in [2.75, 3.05) is 14.2 Å². The van der Waals surface area contributed by atoms with Crippen molar-refractivity contribution < 1.29 is 28.8 Å². The molecule has 0 amide bonds. The summed E-state index contributed by atoms with van der Waals surface area (Å²) in [7, 11) is 2.99. The highest BCUT2D eigenvalue weighted by Crippen LogP contribution is 2.37. The summed E-state index contributed by atoms with van der Waals surface area (Å²) >= 11 is 6.19. The summed E-state index contributed by atoms with van der Waals surface area (Å²) in [6.45, 7) is 0.605. The number of aromatic carboxylic acids is 1. The molecular weight excluding hydrogens is 408 g/mol. The molecule has 1 N–H and O–H groups in total. The first kappa shape index (κ1) is 21.3. The van der Waals surface area contributed by atoms with Crippen LogP contribution in [0.25, 0.3) is 0 Å². The van der Waals surface area contributed by atoms with Crippen LogP contribution >= 0.6 is 11.6 Å². The van der Waals surface area contributed by atoms with E-state index in [1.807, 2.05) is 48.5 Å². The Morgan fingerprint density at radius 3 is 2.20 bits per heavy atom. The molecule has 0 aliphatic rings. The normalized spacial score (nSPS) is 10.4. The highest BCUT2D eigenvalue weighted by Gasteiger charge is 2.16. The average Bonchev–Trinajstić information content (AvgIpc) is 2.77. The van der Waals surface area contributed by atoms with Gasteiger partial charge in [0.2, 0.25) is 0 Å². The Morgan fingerprint density at radius 1 is 0.833 bits per heavy atom. The fourth-order valence-corrected chi connectivity index (χ4v) is 3.06. The molecule has 3 aromatic carbocycles. The van der Waals surface area contributed by atoms with E-state index < -0.39 is 5.97 Å². The van der Waals surface area contributed by atoms with Crippen molar-refractivity contribution in [3.05, 3.63) is 82.4 Å². The van der Waals surface area contributed by atoms with E-state index >= 15 is 0 Å². The van der Waals surface area contributed by atoms with E-state index in [1.54, 1.807) is 7.11 Å². The van der Waals surface area contributed by atoms with Gasteiger partial charge in [0.25, 0.3) is 0 Å². The van der Waals surface area contributed by atoms with E-state index in [0.29, 0.717) is 18.1 Å². The zero-order valence-corrected chi connectivity index (χ0v) is 17.3. The van der Waals surface area contributed by atoms with Gasteiger partial charge in [0.1, 0.15) is 13.2 Å². The van der Waals surface area contributed by atoms with E-state index in [1.165, 1.54) is 19.2 Å². The van der Waals surface area contributed by atoms with Crippen molar-refractivity contribution in [3.63, 3.8) is 0 Å². The van der Waals surface area contributed by atoms with Gasteiger partial charge in [-0.1, -0.05) is 48.0 Å². The number of ether oxygens (including phenoxy) is 4. The lowest BCUT2D eigenvalue weighted by Gasteiger charge is -2.15. The van der Waals surface area contributed by atoms with Gasteiger partial charge in [0, 0.05) is 0 Å². The maximum absolute atomic E-state index is 11.2. The molecule has 0 saturated carbocycles. The Hall–Kier alpha value is -3.38. The number of methoxy groups -OCH3 is 2. The molecule has 156 valence electrons. The minimum Gasteiger partial charge on any atom is -0.493 e. The Kier molecular flexibility index (Phi) is 7.03. The van der Waals surface area contributed by atoms with Crippen molar-refractivity contribution in [2.24, 2.45) is 0 Å². The maximum Gasteiger partial charge on any atom is 0.335 e. The van der Waals surface area contributed by atoms with Gasteiger partial charge >= 0.3 is 5.97 Å². The van der Waals surface area contributed by atoms with Crippen LogP contribution in [0.5, 0.6) is 23.0 Å². The van der Waals surface area contributed by atoms with Crippen LogP contribution in [0, 0.1) is 0 Å². The lowest BCUT2D eigenvalue weighted by Crippen LogP contribution is -2.03. The Labute approximate surface area is 179 Å². The summed E-state index contributed by atoms with van der Waals surface area (Å²) < 4.78 is 22.3. The third-order valence-electron chi connectivity index (χ3n) is 4.32. The fraction of sp³-hybridized carbons (Fsp3) is 0.174. The van der Waals surface area contributed by atoms with Gasteiger partial charge in [-0.25, -0.2) is 4.79 Å². The second kappa shape index (κ2) is 9.89. The number of carboxylic acid groups (broad SMARTS) is 1. The lowest BCUT2D eigenvalue weighted by atomic mass is 10.2. The highest BCUT2D eigenvalue weighted by molar-refractivity contribution is 6.32. The lowest BCUT2D eigenvalue weighted by molar-refractivity contribution is 0.0696. The quantitative estimate of drug-likeness (QED) is 0.504. The third-order valence-corrected chi connectivity index (χ3v) is 4.61. The van der Waals surface area contributed by atoms with Crippen LogP contribution in [0.15, 0.2) is 60.7 Å². The van der Waals surface area contributed by atoms with Gasteiger partial charge in [-0.05, 0) is 35.4 Å². The number of benzene rings is 3. The number of carbonyl (C=O) groups is 1. The van der Waals surface area contributed by atoms with Gasteiger partial charge in [0.15, 0.2) is 23.0 Å². The molecule has 0 aliphatic heterocycles. The molecule has 30 heavy (non-hydrogen) atoms. The predicted octanol–water partition coefficient (Wildman–Crippen LogP) is 5.21. The SMILES string of the molecule is COc1cc(COc2c(Cl)cc(C(=O)O)cc2OC)ccc1OCc1ccccc1. The molecule has 0 radical (unpaired) electrons. The summed E-state index contributed by atoms with van der Waals surface area (Å²) in [6, 6.07) is 18.0. The van der Waals surface area contributed by atoms with Crippen LogP contribution < -0.4 is 18.9 Å². The van der Waals surface area contributed by atoms with Gasteiger partial charge < -0.3 is 24.1 Å². The van der Waals surface area contributed by atoms with Crippen LogP contribution in [0.3, 0.4) is 0 Å². The first-order chi connectivity index (χ1) is 14.5. The number of halogens is 1. The zero-order valence-electron chi connectivity index (χ0n) is 16.6. The summed E-state index contributed by atoms with van der Waals surface area (Å²) in [4.78, 5) is 11.2. The van der Waals surface area contributed by atoms with Gasteiger partial charge in [-0.15, -0.1) is 0 Å². The van der Waals surface area contributed by atoms with Gasteiger partial charge in [0.05, 0.1) is 24.8 Å². The van der Waals surface area contributed by atoms with E-state index in [0.717, 1.165) is 11.1 Å². The molecule has 0 fully saturated rings.